The summed E-state index contributed by atoms with van der Waals surface area (Å²) in [7, 11) is 0. The highest BCUT2D eigenvalue weighted by atomic mass is 15.3. The Kier molecular flexibility index (Phi) is 4.78. The van der Waals surface area contributed by atoms with Crippen molar-refractivity contribution in [2.45, 2.75) is 13.5 Å². The van der Waals surface area contributed by atoms with Gasteiger partial charge in [0.05, 0.1) is 17.4 Å². The number of fused-ring (bicyclic) bond motifs is 1. The molecule has 5 rings (SSSR count). The van der Waals surface area contributed by atoms with Gasteiger partial charge in [0.1, 0.15) is 5.82 Å². The summed E-state index contributed by atoms with van der Waals surface area (Å²) >= 11 is 0. The first-order valence-electron chi connectivity index (χ1n) is 10.3. The van der Waals surface area contributed by atoms with Crippen molar-refractivity contribution < 1.29 is 0 Å². The van der Waals surface area contributed by atoms with E-state index in [0.717, 1.165) is 55.3 Å². The fourth-order valence-electron chi connectivity index (χ4n) is 4.08. The maximum atomic E-state index is 5.07. The first-order valence-corrected chi connectivity index (χ1v) is 10.3. The summed E-state index contributed by atoms with van der Waals surface area (Å²) in [6.07, 6.45) is 4.28. The molecule has 4 aromatic rings. The van der Waals surface area contributed by atoms with E-state index in [-0.39, 0.29) is 0 Å². The van der Waals surface area contributed by atoms with Crippen LogP contribution in [0.4, 0.5) is 5.82 Å². The van der Waals surface area contributed by atoms with Gasteiger partial charge >= 0.3 is 0 Å². The van der Waals surface area contributed by atoms with E-state index in [1.165, 1.54) is 11.1 Å². The smallest absolute Gasteiger partial charge is 0.146 e. The average Bonchev–Trinajstić information content (AvgIpc) is 3.25. The van der Waals surface area contributed by atoms with Gasteiger partial charge in [0.25, 0.3) is 0 Å². The summed E-state index contributed by atoms with van der Waals surface area (Å²) in [6, 6.07) is 23.6. The Labute approximate surface area is 172 Å². The van der Waals surface area contributed by atoms with Crippen LogP contribution in [0.3, 0.4) is 0 Å². The Hall–Kier alpha value is -3.11. The number of benzene rings is 2. The van der Waals surface area contributed by atoms with Crippen molar-refractivity contribution in [3.63, 3.8) is 0 Å². The lowest BCUT2D eigenvalue weighted by molar-refractivity contribution is 0.249. The molecule has 0 radical (unpaired) electrons. The molecule has 0 saturated carbocycles. The normalized spacial score (nSPS) is 15.1. The van der Waals surface area contributed by atoms with Crippen LogP contribution in [0.25, 0.3) is 16.8 Å². The molecular weight excluding hydrogens is 356 g/mol. The van der Waals surface area contributed by atoms with Crippen molar-refractivity contribution in [2.24, 2.45) is 0 Å². The van der Waals surface area contributed by atoms with E-state index in [0.29, 0.717) is 0 Å². The summed E-state index contributed by atoms with van der Waals surface area (Å²) < 4.78 is 2.20. The van der Waals surface area contributed by atoms with Crippen LogP contribution in [0.2, 0.25) is 0 Å². The van der Waals surface area contributed by atoms with E-state index >= 15 is 0 Å². The van der Waals surface area contributed by atoms with E-state index in [1.807, 2.05) is 0 Å². The van der Waals surface area contributed by atoms with Crippen LogP contribution in [0.5, 0.6) is 0 Å². The van der Waals surface area contributed by atoms with Crippen molar-refractivity contribution in [1.82, 2.24) is 14.3 Å². The van der Waals surface area contributed by atoms with Crippen molar-refractivity contribution in [3.8, 4) is 11.3 Å². The summed E-state index contributed by atoms with van der Waals surface area (Å²) in [4.78, 5) is 10.0. The standard InChI is InChI=1S/C25H26N4/c1-20-9-11-21(12-10-20)18-27-14-16-28(17-15-27)24-19-29-13-5-8-23(29)25(26-24)22-6-3-2-4-7-22/h2-13,19H,14-18H2,1H3. The second-order valence-corrected chi connectivity index (χ2v) is 7.86. The van der Waals surface area contributed by atoms with Gasteiger partial charge in [0.2, 0.25) is 0 Å². The second kappa shape index (κ2) is 7.72. The molecule has 2 aromatic carbocycles. The lowest BCUT2D eigenvalue weighted by Gasteiger charge is -2.35. The van der Waals surface area contributed by atoms with Crippen LogP contribution in [0.1, 0.15) is 11.1 Å². The van der Waals surface area contributed by atoms with Crippen LogP contribution in [-0.2, 0) is 6.54 Å². The van der Waals surface area contributed by atoms with Gasteiger partial charge in [-0.05, 0) is 24.6 Å². The van der Waals surface area contributed by atoms with Crippen LogP contribution in [-0.4, -0.2) is 40.5 Å². The zero-order chi connectivity index (χ0) is 19.6. The Balaban J connectivity index is 1.35. The number of hydrogen-bond donors (Lipinski definition) is 0. The quantitative estimate of drug-likeness (QED) is 0.514. The minimum Gasteiger partial charge on any atom is -0.353 e. The van der Waals surface area contributed by atoms with E-state index in [9.17, 15) is 0 Å². The van der Waals surface area contributed by atoms with Gasteiger partial charge in [-0.15, -0.1) is 0 Å². The fourth-order valence-corrected chi connectivity index (χ4v) is 4.08. The SMILES string of the molecule is Cc1ccc(CN2CCN(c3cn4cccc4c(-c4ccccc4)n3)CC2)cc1. The highest BCUT2D eigenvalue weighted by Gasteiger charge is 2.20. The molecule has 0 spiro atoms. The Bertz CT molecular complexity index is 1090. The number of nitrogens with zero attached hydrogens (tertiary/aromatic N) is 4. The minimum absolute atomic E-state index is 1.000. The van der Waals surface area contributed by atoms with E-state index < -0.39 is 0 Å². The maximum Gasteiger partial charge on any atom is 0.146 e. The number of anilines is 1. The average molecular weight is 383 g/mol. The van der Waals surface area contributed by atoms with Gasteiger partial charge in [-0.3, -0.25) is 4.90 Å². The Morgan fingerprint density at radius 1 is 0.828 bits per heavy atom. The summed E-state index contributed by atoms with van der Waals surface area (Å²) in [5.74, 6) is 1.06. The van der Waals surface area contributed by atoms with Crippen LogP contribution in [0, 0.1) is 6.92 Å². The number of hydrogen-bond acceptors (Lipinski definition) is 3. The molecule has 4 heteroatoms. The molecule has 4 nitrogen and oxygen atoms in total. The van der Waals surface area contributed by atoms with Gasteiger partial charge in [-0.1, -0.05) is 60.2 Å². The largest absolute Gasteiger partial charge is 0.353 e. The molecule has 1 aliphatic heterocycles. The predicted octanol–water partition coefficient (Wildman–Crippen LogP) is 4.63. The summed E-state index contributed by atoms with van der Waals surface area (Å²) in [5.41, 5.74) is 6.07. The first kappa shape index (κ1) is 18.0. The molecule has 0 atom stereocenters. The monoisotopic (exact) mass is 382 g/mol. The molecule has 2 aromatic heterocycles. The van der Waals surface area contributed by atoms with Crippen molar-refractivity contribution >= 4 is 11.3 Å². The van der Waals surface area contributed by atoms with Crippen LogP contribution < -0.4 is 4.90 Å². The molecular formula is C25H26N4. The van der Waals surface area contributed by atoms with Gasteiger partial charge in [0, 0.05) is 44.5 Å². The third-order valence-corrected chi connectivity index (χ3v) is 5.77. The second-order valence-electron chi connectivity index (χ2n) is 7.86. The molecule has 0 unspecified atom stereocenters. The summed E-state index contributed by atoms with van der Waals surface area (Å²) in [6.45, 7) is 7.27. The van der Waals surface area contributed by atoms with E-state index in [4.69, 9.17) is 4.98 Å². The van der Waals surface area contributed by atoms with Crippen LogP contribution >= 0.6 is 0 Å². The van der Waals surface area contributed by atoms with Crippen molar-refractivity contribution in [1.29, 1.82) is 0 Å². The van der Waals surface area contributed by atoms with Gasteiger partial charge in [-0.25, -0.2) is 4.98 Å². The lowest BCUT2D eigenvalue weighted by atomic mass is 10.1. The zero-order valence-corrected chi connectivity index (χ0v) is 16.8. The highest BCUT2D eigenvalue weighted by Crippen LogP contribution is 2.26. The molecule has 146 valence electrons. The molecule has 29 heavy (non-hydrogen) atoms. The van der Waals surface area contributed by atoms with Crippen LogP contribution in [0.15, 0.2) is 79.1 Å². The topological polar surface area (TPSA) is 23.8 Å². The molecule has 3 heterocycles. The fraction of sp³-hybridized carbons (Fsp3) is 0.240. The third kappa shape index (κ3) is 3.76. The maximum absolute atomic E-state index is 5.07. The van der Waals surface area contributed by atoms with Crippen molar-refractivity contribution in [2.75, 3.05) is 31.1 Å². The number of piperazine rings is 1. The minimum atomic E-state index is 1.000. The number of aromatic nitrogens is 2. The van der Waals surface area contributed by atoms with E-state index in [2.05, 4.69) is 100 Å². The summed E-state index contributed by atoms with van der Waals surface area (Å²) in [5, 5.41) is 0. The number of aryl methyl sites for hydroxylation is 1. The molecule has 0 aliphatic carbocycles. The zero-order valence-electron chi connectivity index (χ0n) is 16.8. The van der Waals surface area contributed by atoms with E-state index in [1.54, 1.807) is 0 Å². The predicted molar refractivity (Wildman–Crippen MR) is 119 cm³/mol. The highest BCUT2D eigenvalue weighted by molar-refractivity contribution is 5.78. The Morgan fingerprint density at radius 3 is 2.34 bits per heavy atom. The third-order valence-electron chi connectivity index (χ3n) is 5.77. The molecule has 0 bridgehead atoms. The van der Waals surface area contributed by atoms with Gasteiger partial charge in [-0.2, -0.15) is 0 Å². The molecule has 1 saturated heterocycles. The molecule has 0 amide bonds. The van der Waals surface area contributed by atoms with Gasteiger partial charge < -0.3 is 9.30 Å². The first-order chi connectivity index (χ1) is 14.3. The Morgan fingerprint density at radius 2 is 1.59 bits per heavy atom. The molecule has 1 aliphatic rings. The lowest BCUT2D eigenvalue weighted by Crippen LogP contribution is -2.46. The number of rotatable bonds is 4. The van der Waals surface area contributed by atoms with Gasteiger partial charge in [0.15, 0.2) is 0 Å². The van der Waals surface area contributed by atoms with Crippen molar-refractivity contribution in [3.05, 3.63) is 90.3 Å². The molecule has 0 N–H and O–H groups in total. The molecule has 1 fully saturated rings.